The molecule has 1 aliphatic heterocycles. The van der Waals surface area contributed by atoms with Gasteiger partial charge >= 0.3 is 0 Å². The summed E-state index contributed by atoms with van der Waals surface area (Å²) in [5.74, 6) is 1.25. The Bertz CT molecular complexity index is 863. The quantitative estimate of drug-likeness (QED) is 0.800. The topological polar surface area (TPSA) is 52.0 Å². The lowest BCUT2D eigenvalue weighted by Gasteiger charge is -2.32. The molecule has 122 valence electrons. The van der Waals surface area contributed by atoms with Gasteiger partial charge in [-0.2, -0.15) is 10.1 Å². The lowest BCUT2D eigenvalue weighted by Crippen LogP contribution is -2.28. The number of ether oxygens (including phenoxy) is 1. The smallest absolute Gasteiger partial charge is 0.222 e. The van der Waals surface area contributed by atoms with E-state index in [1.54, 1.807) is 19.2 Å². The maximum Gasteiger partial charge on any atom is 0.222 e. The maximum atomic E-state index is 13.7. The van der Waals surface area contributed by atoms with Crippen molar-refractivity contribution in [3.8, 4) is 5.75 Å². The van der Waals surface area contributed by atoms with E-state index in [0.29, 0.717) is 5.95 Å². The van der Waals surface area contributed by atoms with Crippen LogP contribution in [0.4, 0.5) is 10.3 Å². The van der Waals surface area contributed by atoms with Crippen LogP contribution < -0.4 is 10.1 Å². The van der Waals surface area contributed by atoms with Gasteiger partial charge in [0, 0.05) is 0 Å². The number of nitrogens with zero attached hydrogens (tertiary/aromatic N) is 3. The lowest BCUT2D eigenvalue weighted by atomic mass is 9.93. The van der Waals surface area contributed by atoms with Crippen LogP contribution in [0.5, 0.6) is 5.75 Å². The first-order valence-electron chi connectivity index (χ1n) is 7.80. The number of nitrogens with one attached hydrogen (secondary N) is 1. The number of fused-ring (bicyclic) bond motifs is 1. The van der Waals surface area contributed by atoms with Gasteiger partial charge in [-0.05, 0) is 41.8 Å². The van der Waals surface area contributed by atoms with Gasteiger partial charge in [-0.1, -0.05) is 24.3 Å². The van der Waals surface area contributed by atoms with Gasteiger partial charge in [0.05, 0.1) is 19.2 Å². The molecule has 5 nitrogen and oxygen atoms in total. The van der Waals surface area contributed by atoms with Crippen molar-refractivity contribution in [3.63, 3.8) is 0 Å². The number of methoxy groups -OCH3 is 1. The van der Waals surface area contributed by atoms with Crippen LogP contribution >= 0.6 is 0 Å². The van der Waals surface area contributed by atoms with Crippen molar-refractivity contribution >= 4 is 5.95 Å². The van der Waals surface area contributed by atoms with Crippen molar-refractivity contribution in [2.24, 2.45) is 0 Å². The summed E-state index contributed by atoms with van der Waals surface area (Å²) in [6.07, 6.45) is 2.26. The largest absolute Gasteiger partial charge is 0.497 e. The summed E-state index contributed by atoms with van der Waals surface area (Å²) in [5.41, 5.74) is 1.99. The van der Waals surface area contributed by atoms with Crippen molar-refractivity contribution in [1.82, 2.24) is 14.8 Å². The van der Waals surface area contributed by atoms with E-state index in [0.717, 1.165) is 23.3 Å². The van der Waals surface area contributed by atoms with E-state index in [1.807, 2.05) is 28.9 Å². The van der Waals surface area contributed by atoms with Gasteiger partial charge in [0.25, 0.3) is 0 Å². The molecular formula is C18H17FN4O. The van der Waals surface area contributed by atoms with Crippen molar-refractivity contribution < 1.29 is 9.13 Å². The predicted octanol–water partition coefficient (Wildman–Crippen LogP) is 3.57. The highest BCUT2D eigenvalue weighted by Crippen LogP contribution is 2.38. The van der Waals surface area contributed by atoms with Crippen molar-refractivity contribution in [2.45, 2.75) is 18.5 Å². The maximum absolute atomic E-state index is 13.7. The zero-order valence-corrected chi connectivity index (χ0v) is 13.2. The molecule has 0 saturated carbocycles. The minimum Gasteiger partial charge on any atom is -0.497 e. The van der Waals surface area contributed by atoms with Crippen LogP contribution in [0.15, 0.2) is 54.9 Å². The SMILES string of the molecule is COc1cccc([C@H]2C[C@H](c3cccc(F)c3)n3ncnc3N2)c1. The number of benzene rings is 2. The fourth-order valence-corrected chi connectivity index (χ4v) is 3.19. The summed E-state index contributed by atoms with van der Waals surface area (Å²) >= 11 is 0. The third-order valence-corrected chi connectivity index (χ3v) is 4.36. The van der Waals surface area contributed by atoms with Gasteiger partial charge < -0.3 is 10.1 Å². The Kier molecular flexibility index (Phi) is 3.65. The molecule has 24 heavy (non-hydrogen) atoms. The molecule has 2 heterocycles. The monoisotopic (exact) mass is 324 g/mol. The molecule has 0 unspecified atom stereocenters. The molecule has 4 rings (SSSR count). The molecule has 0 bridgehead atoms. The van der Waals surface area contributed by atoms with Crippen molar-refractivity contribution in [2.75, 3.05) is 12.4 Å². The lowest BCUT2D eigenvalue weighted by molar-refractivity contribution is 0.409. The third-order valence-electron chi connectivity index (χ3n) is 4.36. The summed E-state index contributed by atoms with van der Waals surface area (Å²) in [6.45, 7) is 0. The minimum atomic E-state index is -0.245. The van der Waals surface area contributed by atoms with Gasteiger partial charge in [-0.15, -0.1) is 0 Å². The van der Waals surface area contributed by atoms with Crippen LogP contribution in [0.2, 0.25) is 0 Å². The highest BCUT2D eigenvalue weighted by Gasteiger charge is 2.30. The van der Waals surface area contributed by atoms with E-state index in [1.165, 1.54) is 12.4 Å². The Morgan fingerprint density at radius 2 is 2.00 bits per heavy atom. The highest BCUT2D eigenvalue weighted by atomic mass is 19.1. The van der Waals surface area contributed by atoms with Crippen LogP contribution in [0, 0.1) is 5.82 Å². The average Bonchev–Trinajstić information content (AvgIpc) is 3.09. The zero-order chi connectivity index (χ0) is 16.5. The Hall–Kier alpha value is -2.89. The predicted molar refractivity (Wildman–Crippen MR) is 88.5 cm³/mol. The third kappa shape index (κ3) is 2.60. The first-order valence-corrected chi connectivity index (χ1v) is 7.80. The van der Waals surface area contributed by atoms with Gasteiger partial charge in [-0.25, -0.2) is 9.07 Å². The summed E-state index contributed by atoms with van der Waals surface area (Å²) in [5, 5.41) is 7.70. The number of aromatic nitrogens is 3. The van der Waals surface area contributed by atoms with Crippen LogP contribution in [0.25, 0.3) is 0 Å². The van der Waals surface area contributed by atoms with Crippen LogP contribution in [0.3, 0.4) is 0 Å². The molecule has 6 heteroatoms. The van der Waals surface area contributed by atoms with Gasteiger partial charge in [0.1, 0.15) is 17.9 Å². The second-order valence-corrected chi connectivity index (χ2v) is 5.81. The molecular weight excluding hydrogens is 307 g/mol. The normalized spacial score (nSPS) is 19.4. The van der Waals surface area contributed by atoms with Crippen LogP contribution in [0.1, 0.15) is 29.6 Å². The Balaban J connectivity index is 1.73. The van der Waals surface area contributed by atoms with Gasteiger partial charge in [-0.3, -0.25) is 0 Å². The molecule has 1 N–H and O–H groups in total. The van der Waals surface area contributed by atoms with Gasteiger partial charge in [0.15, 0.2) is 0 Å². The molecule has 3 aromatic rings. The number of hydrogen-bond acceptors (Lipinski definition) is 4. The Labute approximate surface area is 139 Å². The first kappa shape index (κ1) is 14.7. The van der Waals surface area contributed by atoms with E-state index in [4.69, 9.17) is 4.74 Å². The second-order valence-electron chi connectivity index (χ2n) is 5.81. The van der Waals surface area contributed by atoms with Crippen LogP contribution in [-0.4, -0.2) is 21.9 Å². The van der Waals surface area contributed by atoms with Crippen molar-refractivity contribution in [1.29, 1.82) is 0 Å². The molecule has 1 aliphatic rings. The molecule has 0 aliphatic carbocycles. The fourth-order valence-electron chi connectivity index (χ4n) is 3.19. The zero-order valence-electron chi connectivity index (χ0n) is 13.2. The van der Waals surface area contributed by atoms with E-state index >= 15 is 0 Å². The highest BCUT2D eigenvalue weighted by molar-refractivity contribution is 5.40. The molecule has 0 spiro atoms. The summed E-state index contributed by atoms with van der Waals surface area (Å²) < 4.78 is 20.8. The number of anilines is 1. The van der Waals surface area contributed by atoms with Gasteiger partial charge in [0.2, 0.25) is 5.95 Å². The number of halogens is 1. The summed E-state index contributed by atoms with van der Waals surface area (Å²) in [6, 6.07) is 14.6. The Morgan fingerprint density at radius 1 is 1.17 bits per heavy atom. The van der Waals surface area contributed by atoms with E-state index < -0.39 is 0 Å². The fraction of sp³-hybridized carbons (Fsp3) is 0.222. The Morgan fingerprint density at radius 3 is 2.83 bits per heavy atom. The molecule has 2 atom stereocenters. The molecule has 2 aromatic carbocycles. The molecule has 0 radical (unpaired) electrons. The number of hydrogen-bond donors (Lipinski definition) is 1. The van der Waals surface area contributed by atoms with Crippen molar-refractivity contribution in [3.05, 3.63) is 71.8 Å². The van der Waals surface area contributed by atoms with E-state index in [9.17, 15) is 4.39 Å². The van der Waals surface area contributed by atoms with E-state index in [2.05, 4.69) is 21.5 Å². The molecule has 0 saturated heterocycles. The molecule has 0 fully saturated rings. The standard InChI is InChI=1S/C18H17FN4O/c1-24-15-7-3-4-12(9-15)16-10-17(13-5-2-6-14(19)8-13)23-18(22-16)20-11-21-23/h2-9,11,16-17H,10H2,1H3,(H,20,21,22)/t16-,17-/m1/s1. The minimum absolute atomic E-state index is 0.0464. The summed E-state index contributed by atoms with van der Waals surface area (Å²) in [4.78, 5) is 4.29. The number of rotatable bonds is 3. The molecule has 0 amide bonds. The first-order chi connectivity index (χ1) is 11.7. The average molecular weight is 324 g/mol. The summed E-state index contributed by atoms with van der Waals surface area (Å²) in [7, 11) is 1.65. The van der Waals surface area contributed by atoms with Crippen LogP contribution in [-0.2, 0) is 0 Å². The second kappa shape index (κ2) is 5.96. The molecule has 1 aromatic heterocycles. The van der Waals surface area contributed by atoms with E-state index in [-0.39, 0.29) is 17.9 Å².